The fourth-order valence-corrected chi connectivity index (χ4v) is 0.400. The van der Waals surface area contributed by atoms with Crippen molar-refractivity contribution in [2.24, 2.45) is 0 Å². The molecule has 0 heterocycles. The molecule has 0 nitrogen and oxygen atoms in total. The highest BCUT2D eigenvalue weighted by molar-refractivity contribution is 5.14. The summed E-state index contributed by atoms with van der Waals surface area (Å²) in [5.74, 6) is 0. The Kier molecular flexibility index (Phi) is 67.7. The van der Waals surface area contributed by atoms with Gasteiger partial charge in [0, 0.05) is 0 Å². The van der Waals surface area contributed by atoms with Crippen LogP contribution in [-0.4, -0.2) is 0 Å². The van der Waals surface area contributed by atoms with Crippen LogP contribution < -0.4 is 0 Å². The van der Waals surface area contributed by atoms with Crippen molar-refractivity contribution in [1.82, 2.24) is 0 Å². The largest absolute Gasteiger partial charge is 0.0919 e. The summed E-state index contributed by atoms with van der Waals surface area (Å²) in [6, 6.07) is 0. The number of allylic oxidation sites excluding steroid dienone is 6. The summed E-state index contributed by atoms with van der Waals surface area (Å²) in [6.45, 7) is 14.3. The maximum atomic E-state index is 2.16. The maximum absolute atomic E-state index is 2.16. The van der Waals surface area contributed by atoms with E-state index in [2.05, 4.69) is 39.0 Å². The van der Waals surface area contributed by atoms with Gasteiger partial charge in [-0.3, -0.25) is 0 Å². The summed E-state index contributed by atoms with van der Waals surface area (Å²) in [5.41, 5.74) is 1.34. The summed E-state index contributed by atoms with van der Waals surface area (Å²) in [5, 5.41) is 0. The highest BCUT2D eigenvalue weighted by Gasteiger charge is 1.72. The van der Waals surface area contributed by atoms with Crippen molar-refractivity contribution < 1.29 is 0 Å². The van der Waals surface area contributed by atoms with Gasteiger partial charge in [-0.05, 0) is 34.1 Å². The first-order valence-corrected chi connectivity index (χ1v) is 5.59. The van der Waals surface area contributed by atoms with Crippen molar-refractivity contribution in [3.63, 3.8) is 0 Å². The number of hydrogen-bond acceptors (Lipinski definition) is 0. The molecule has 0 aromatic carbocycles. The predicted molar refractivity (Wildman–Crippen MR) is 84.2 cm³/mol. The minimum Gasteiger partial charge on any atom is -0.0919 e. The fourth-order valence-electron chi connectivity index (χ4n) is 0.400. The lowest BCUT2D eigenvalue weighted by Gasteiger charge is -1.84. The fraction of sp³-hybridized carbons (Fsp3) is 0.625. The van der Waals surface area contributed by atoms with Gasteiger partial charge in [-0.25, -0.2) is 0 Å². The molecule has 16 heavy (non-hydrogen) atoms. The van der Waals surface area contributed by atoms with E-state index in [-0.39, 0.29) is 14.9 Å². The van der Waals surface area contributed by atoms with Crippen LogP contribution in [0.5, 0.6) is 0 Å². The summed E-state index contributed by atoms with van der Waals surface area (Å²) in [7, 11) is 0. The molecule has 0 unspecified atom stereocenters. The van der Waals surface area contributed by atoms with E-state index in [1.165, 1.54) is 5.57 Å². The molecule has 0 aromatic rings. The van der Waals surface area contributed by atoms with E-state index in [1.807, 2.05) is 39.8 Å². The molecule has 0 saturated carbocycles. The second-order valence-corrected chi connectivity index (χ2v) is 2.51. The maximum Gasteiger partial charge on any atom is -0.0376 e. The van der Waals surface area contributed by atoms with Gasteiger partial charge in [0.1, 0.15) is 0 Å². The molecule has 0 heteroatoms. The molecular formula is C16H36. The second kappa shape index (κ2) is 36.8. The Bertz CT molecular complexity index is 143. The number of hydrogen-bond donors (Lipinski definition) is 0. The Morgan fingerprint density at radius 3 is 1.50 bits per heavy atom. The van der Waals surface area contributed by atoms with Crippen LogP contribution in [0.15, 0.2) is 36.0 Å². The van der Waals surface area contributed by atoms with E-state index < -0.39 is 0 Å². The molecule has 0 amide bonds. The van der Waals surface area contributed by atoms with Crippen molar-refractivity contribution >= 4 is 0 Å². The zero-order valence-electron chi connectivity index (χ0n) is 11.1. The zero-order chi connectivity index (χ0) is 11.8. The third kappa shape index (κ3) is 51.0. The quantitative estimate of drug-likeness (QED) is 0.360. The van der Waals surface area contributed by atoms with Gasteiger partial charge in [-0.1, -0.05) is 71.6 Å². The van der Waals surface area contributed by atoms with Crippen LogP contribution >= 0.6 is 0 Å². The average molecular weight is 228 g/mol. The molecule has 0 rings (SSSR count). The minimum atomic E-state index is 0. The molecule has 0 fully saturated rings. The van der Waals surface area contributed by atoms with Gasteiger partial charge in [0.25, 0.3) is 0 Å². The van der Waals surface area contributed by atoms with Crippen LogP contribution in [0.1, 0.15) is 69.7 Å². The molecule has 0 N–H and O–H groups in total. The molecule has 0 aliphatic carbocycles. The molecule has 0 bridgehead atoms. The lowest BCUT2D eigenvalue weighted by atomic mass is 10.2. The predicted octanol–water partition coefficient (Wildman–Crippen LogP) is 6.80. The van der Waals surface area contributed by atoms with E-state index in [9.17, 15) is 0 Å². The SMILES string of the molecule is C.C.C/C=C(C)\C=C/CC.C/C=C\C.CC. The van der Waals surface area contributed by atoms with Crippen LogP contribution in [0.2, 0.25) is 0 Å². The molecule has 0 aliphatic rings. The van der Waals surface area contributed by atoms with Crippen LogP contribution in [0.25, 0.3) is 0 Å². The van der Waals surface area contributed by atoms with E-state index in [0.717, 1.165) is 6.42 Å². The molecule has 0 spiro atoms. The van der Waals surface area contributed by atoms with E-state index in [4.69, 9.17) is 0 Å². The van der Waals surface area contributed by atoms with Gasteiger partial charge >= 0.3 is 0 Å². The van der Waals surface area contributed by atoms with Crippen LogP contribution in [-0.2, 0) is 0 Å². The zero-order valence-corrected chi connectivity index (χ0v) is 11.1. The number of rotatable bonds is 2. The van der Waals surface area contributed by atoms with Crippen molar-refractivity contribution in [1.29, 1.82) is 0 Å². The third-order valence-corrected chi connectivity index (χ3v) is 1.41. The van der Waals surface area contributed by atoms with Gasteiger partial charge in [-0.15, -0.1) is 0 Å². The summed E-state index contributed by atoms with van der Waals surface area (Å²) in [6.07, 6.45) is 11.5. The summed E-state index contributed by atoms with van der Waals surface area (Å²) >= 11 is 0. The van der Waals surface area contributed by atoms with Crippen molar-refractivity contribution in [2.45, 2.75) is 69.7 Å². The topological polar surface area (TPSA) is 0 Å². The Morgan fingerprint density at radius 2 is 1.31 bits per heavy atom. The van der Waals surface area contributed by atoms with Gasteiger partial charge in [0.05, 0.1) is 0 Å². The van der Waals surface area contributed by atoms with Gasteiger partial charge < -0.3 is 0 Å². The smallest absolute Gasteiger partial charge is 0.0376 e. The van der Waals surface area contributed by atoms with Gasteiger partial charge in [0.15, 0.2) is 0 Å². The van der Waals surface area contributed by atoms with Crippen molar-refractivity contribution in [3.05, 3.63) is 36.0 Å². The molecule has 100 valence electrons. The van der Waals surface area contributed by atoms with Crippen LogP contribution in [0, 0.1) is 0 Å². The second-order valence-electron chi connectivity index (χ2n) is 2.51. The molecule has 0 aromatic heterocycles. The molecule has 0 radical (unpaired) electrons. The molecular weight excluding hydrogens is 192 g/mol. The summed E-state index contributed by atoms with van der Waals surface area (Å²) < 4.78 is 0. The van der Waals surface area contributed by atoms with Crippen molar-refractivity contribution in [3.8, 4) is 0 Å². The molecule has 0 atom stereocenters. The van der Waals surface area contributed by atoms with Crippen LogP contribution in [0.4, 0.5) is 0 Å². The normalized spacial score (nSPS) is 9.31. The van der Waals surface area contributed by atoms with E-state index in [1.54, 1.807) is 0 Å². The average Bonchev–Trinajstić information content (AvgIpc) is 2.28. The lowest BCUT2D eigenvalue weighted by molar-refractivity contribution is 1.22. The highest BCUT2D eigenvalue weighted by Crippen LogP contribution is 1.93. The Morgan fingerprint density at radius 1 is 0.938 bits per heavy atom. The monoisotopic (exact) mass is 228 g/mol. The van der Waals surface area contributed by atoms with Gasteiger partial charge in [-0.2, -0.15) is 0 Å². The summed E-state index contributed by atoms with van der Waals surface area (Å²) in [4.78, 5) is 0. The molecule has 0 saturated heterocycles. The van der Waals surface area contributed by atoms with Gasteiger partial charge in [0.2, 0.25) is 0 Å². The standard InChI is InChI=1S/C8H14.C4H8.C2H6.2CH4/c1-4-6-7-8(3)5-2;1-3-4-2;1-2;;/h5-7H,4H2,1-3H3;3-4H,1-2H3;1-2H3;2*1H4/b7-6-,8-5-;4-3-;;;. The first-order valence-electron chi connectivity index (χ1n) is 5.59. The first kappa shape index (κ1) is 29.5. The lowest BCUT2D eigenvalue weighted by Crippen LogP contribution is -1.62. The Balaban J connectivity index is -0.0000000439. The van der Waals surface area contributed by atoms with Crippen LogP contribution in [0.3, 0.4) is 0 Å². The van der Waals surface area contributed by atoms with E-state index in [0.29, 0.717) is 0 Å². The first-order chi connectivity index (χ1) is 6.72. The Labute approximate surface area is 106 Å². The highest BCUT2D eigenvalue weighted by atomic mass is 13.8. The van der Waals surface area contributed by atoms with E-state index >= 15 is 0 Å². The molecule has 0 aliphatic heterocycles. The third-order valence-electron chi connectivity index (χ3n) is 1.41. The van der Waals surface area contributed by atoms with Crippen molar-refractivity contribution in [2.75, 3.05) is 0 Å². The minimum absolute atomic E-state index is 0. The Hall–Kier alpha value is -0.780.